The lowest BCUT2D eigenvalue weighted by Gasteiger charge is -2.17. The quantitative estimate of drug-likeness (QED) is 0.550. The van der Waals surface area contributed by atoms with Gasteiger partial charge in [0.05, 0.1) is 11.9 Å². The third kappa shape index (κ3) is 0.893. The number of fused-ring (bicyclic) bond motifs is 1. The Morgan fingerprint density at radius 3 is 2.75 bits per heavy atom. The number of hydrogen-bond donors (Lipinski definition) is 0. The van der Waals surface area contributed by atoms with Gasteiger partial charge in [0.15, 0.2) is 0 Å². The summed E-state index contributed by atoms with van der Waals surface area (Å²) in [6.07, 6.45) is 3.13. The summed E-state index contributed by atoms with van der Waals surface area (Å²) in [5, 5.41) is 0. The Morgan fingerprint density at radius 1 is 1.33 bits per heavy atom. The lowest BCUT2D eigenvalue weighted by atomic mass is 9.84. The maximum absolute atomic E-state index is 4.26. The summed E-state index contributed by atoms with van der Waals surface area (Å²) in [5.74, 6) is 0. The average molecular weight is 158 g/mol. The predicted octanol–water partition coefficient (Wildman–Crippen LogP) is 2.87. The molecule has 0 bridgehead atoms. The Bertz CT molecular complexity index is 348. The molecule has 1 aromatic carbocycles. The zero-order valence-corrected chi connectivity index (χ0v) is 7.68. The van der Waals surface area contributed by atoms with Crippen molar-refractivity contribution in [1.29, 1.82) is 0 Å². The first kappa shape index (κ1) is 7.53. The highest BCUT2D eigenvalue weighted by atomic mass is 14.8. The van der Waals surface area contributed by atoms with Gasteiger partial charge in [-0.05, 0) is 38.0 Å². The third-order valence-corrected chi connectivity index (χ3v) is 2.33. The van der Waals surface area contributed by atoms with E-state index in [1.165, 1.54) is 11.1 Å². The average Bonchev–Trinajstić information content (AvgIpc) is 2.29. The number of nitrogens with zero attached hydrogens (tertiary/aromatic N) is 1. The Morgan fingerprint density at radius 2 is 2.08 bits per heavy atom. The molecule has 1 nitrogen and oxygen atoms in total. The van der Waals surface area contributed by atoms with Crippen molar-refractivity contribution in [3.8, 4) is 0 Å². The molecule has 0 spiro atoms. The number of benzene rings is 1. The smallest absolute Gasteiger partial charge is 0.0735 e. The van der Waals surface area contributed by atoms with Crippen molar-refractivity contribution in [1.82, 2.24) is 0 Å². The van der Waals surface area contributed by atoms with Crippen LogP contribution in [0.25, 0.3) is 0 Å². The van der Waals surface area contributed by atoms with Gasteiger partial charge in [-0.3, -0.25) is 4.99 Å². The molecule has 61 valence electrons. The van der Waals surface area contributed by atoms with Crippen LogP contribution >= 0.6 is 0 Å². The van der Waals surface area contributed by atoms with E-state index in [2.05, 4.69) is 38.0 Å². The van der Waals surface area contributed by atoms with Crippen molar-refractivity contribution in [2.24, 2.45) is 4.99 Å². The van der Waals surface area contributed by atoms with Gasteiger partial charge >= 0.3 is 0 Å². The SMILES string of the molecule is Cc1cccc2c1C(C)(C)[C]=N2. The zero-order valence-electron chi connectivity index (χ0n) is 7.68. The van der Waals surface area contributed by atoms with Crippen LogP contribution < -0.4 is 0 Å². The van der Waals surface area contributed by atoms with Crippen molar-refractivity contribution >= 4 is 11.9 Å². The summed E-state index contributed by atoms with van der Waals surface area (Å²) < 4.78 is 0. The molecule has 0 N–H and O–H groups in total. The topological polar surface area (TPSA) is 12.4 Å². The Labute approximate surface area is 73.1 Å². The van der Waals surface area contributed by atoms with Gasteiger partial charge in [0, 0.05) is 5.41 Å². The summed E-state index contributed by atoms with van der Waals surface area (Å²) >= 11 is 0. The molecule has 1 aliphatic rings. The van der Waals surface area contributed by atoms with E-state index in [9.17, 15) is 0 Å². The van der Waals surface area contributed by atoms with Gasteiger partial charge in [-0.1, -0.05) is 12.1 Å². The van der Waals surface area contributed by atoms with Crippen LogP contribution in [0.15, 0.2) is 23.2 Å². The first-order valence-corrected chi connectivity index (χ1v) is 4.19. The standard InChI is InChI=1S/C11H12N/c1-8-5-4-6-9-10(8)11(2,3)7-12-9/h4-6H,1-3H3. The third-order valence-electron chi connectivity index (χ3n) is 2.33. The second-order valence-corrected chi connectivity index (χ2v) is 3.82. The highest BCUT2D eigenvalue weighted by Gasteiger charge is 2.28. The fourth-order valence-electron chi connectivity index (χ4n) is 1.81. The number of aliphatic imine (C=N–C) groups is 1. The van der Waals surface area contributed by atoms with E-state index in [-0.39, 0.29) is 5.41 Å². The van der Waals surface area contributed by atoms with Gasteiger partial charge in [-0.15, -0.1) is 0 Å². The normalized spacial score (nSPS) is 17.9. The maximum Gasteiger partial charge on any atom is 0.0735 e. The van der Waals surface area contributed by atoms with Crippen LogP contribution in [0.2, 0.25) is 0 Å². The number of aryl methyl sites for hydroxylation is 1. The van der Waals surface area contributed by atoms with Crippen LogP contribution in [0.3, 0.4) is 0 Å². The molecule has 0 aromatic heterocycles. The van der Waals surface area contributed by atoms with E-state index < -0.39 is 0 Å². The molecule has 1 radical (unpaired) electrons. The van der Waals surface area contributed by atoms with Crippen molar-refractivity contribution in [3.05, 3.63) is 29.3 Å². The fourth-order valence-corrected chi connectivity index (χ4v) is 1.81. The minimum atomic E-state index is 0.000671. The molecule has 0 saturated heterocycles. The summed E-state index contributed by atoms with van der Waals surface area (Å²) in [5.41, 5.74) is 3.72. The minimum Gasteiger partial charge on any atom is -0.250 e. The van der Waals surface area contributed by atoms with Gasteiger partial charge < -0.3 is 0 Å². The van der Waals surface area contributed by atoms with E-state index in [0.29, 0.717) is 0 Å². The van der Waals surface area contributed by atoms with Gasteiger partial charge in [0.1, 0.15) is 0 Å². The van der Waals surface area contributed by atoms with E-state index in [0.717, 1.165) is 5.69 Å². The highest BCUT2D eigenvalue weighted by Crippen LogP contribution is 2.38. The van der Waals surface area contributed by atoms with Crippen molar-refractivity contribution in [2.75, 3.05) is 0 Å². The predicted molar refractivity (Wildman–Crippen MR) is 51.3 cm³/mol. The summed E-state index contributed by atoms with van der Waals surface area (Å²) in [6.45, 7) is 6.42. The Hall–Kier alpha value is -1.11. The van der Waals surface area contributed by atoms with Crippen molar-refractivity contribution in [3.63, 3.8) is 0 Å². The van der Waals surface area contributed by atoms with Crippen LogP contribution in [0.1, 0.15) is 25.0 Å². The summed E-state index contributed by atoms with van der Waals surface area (Å²) in [4.78, 5) is 4.26. The molecule has 1 aromatic rings. The van der Waals surface area contributed by atoms with Gasteiger partial charge in [-0.2, -0.15) is 0 Å². The summed E-state index contributed by atoms with van der Waals surface area (Å²) in [7, 11) is 0. The molecule has 2 rings (SSSR count). The highest BCUT2D eigenvalue weighted by molar-refractivity contribution is 5.85. The second kappa shape index (κ2) is 2.19. The lowest BCUT2D eigenvalue weighted by Crippen LogP contribution is -2.16. The molecule has 0 fully saturated rings. The van der Waals surface area contributed by atoms with Crippen LogP contribution in [-0.2, 0) is 5.41 Å². The minimum absolute atomic E-state index is 0.000671. The van der Waals surface area contributed by atoms with Crippen LogP contribution in [0, 0.1) is 6.92 Å². The van der Waals surface area contributed by atoms with Gasteiger partial charge in [0.2, 0.25) is 0 Å². The molecule has 0 unspecified atom stereocenters. The van der Waals surface area contributed by atoms with Crippen LogP contribution in [-0.4, -0.2) is 6.21 Å². The van der Waals surface area contributed by atoms with Crippen LogP contribution in [0.5, 0.6) is 0 Å². The Kier molecular flexibility index (Phi) is 1.38. The van der Waals surface area contributed by atoms with E-state index in [1.54, 1.807) is 0 Å². The van der Waals surface area contributed by atoms with Crippen molar-refractivity contribution in [2.45, 2.75) is 26.2 Å². The molecule has 1 heterocycles. The van der Waals surface area contributed by atoms with Gasteiger partial charge in [-0.25, -0.2) is 0 Å². The maximum atomic E-state index is 4.26. The summed E-state index contributed by atoms with van der Waals surface area (Å²) in [6, 6.07) is 6.22. The largest absolute Gasteiger partial charge is 0.250 e. The monoisotopic (exact) mass is 158 g/mol. The van der Waals surface area contributed by atoms with E-state index >= 15 is 0 Å². The van der Waals surface area contributed by atoms with E-state index in [1.807, 2.05) is 12.1 Å². The molecule has 1 heteroatoms. The number of rotatable bonds is 0. The molecule has 0 amide bonds. The second-order valence-electron chi connectivity index (χ2n) is 3.82. The molecular formula is C11H12N. The lowest BCUT2D eigenvalue weighted by molar-refractivity contribution is 0.746. The first-order valence-electron chi connectivity index (χ1n) is 4.19. The molecule has 0 aliphatic carbocycles. The molecule has 1 aliphatic heterocycles. The molecular weight excluding hydrogens is 146 g/mol. The van der Waals surface area contributed by atoms with E-state index in [4.69, 9.17) is 0 Å². The van der Waals surface area contributed by atoms with Crippen LogP contribution in [0.4, 0.5) is 5.69 Å². The molecule has 0 atom stereocenters. The van der Waals surface area contributed by atoms with Gasteiger partial charge in [0.25, 0.3) is 0 Å². The van der Waals surface area contributed by atoms with Crippen molar-refractivity contribution < 1.29 is 0 Å². The fraction of sp³-hybridized carbons (Fsp3) is 0.364. The number of hydrogen-bond acceptors (Lipinski definition) is 1. The first-order chi connectivity index (χ1) is 5.61. The Balaban J connectivity index is 2.70. The molecule has 0 saturated carbocycles. The molecule has 12 heavy (non-hydrogen) atoms. The zero-order chi connectivity index (χ0) is 8.77.